The minimum absolute atomic E-state index is 0.442. The number of aromatic nitrogens is 3. The van der Waals surface area contributed by atoms with Crippen LogP contribution in [-0.2, 0) is 0 Å². The third kappa shape index (κ3) is 1.08. The van der Waals surface area contributed by atoms with Crippen LogP contribution in [0.5, 0.6) is 0 Å². The second-order valence-corrected chi connectivity index (χ2v) is 3.64. The highest BCUT2D eigenvalue weighted by Gasteiger charge is 2.10. The highest BCUT2D eigenvalue weighted by molar-refractivity contribution is 6.36. The van der Waals surface area contributed by atoms with Crippen molar-refractivity contribution in [3.8, 4) is 0 Å². The lowest BCUT2D eigenvalue weighted by atomic mass is 10.2. The van der Waals surface area contributed by atoms with E-state index >= 15 is 0 Å². The number of halogens is 1. The van der Waals surface area contributed by atoms with Crippen molar-refractivity contribution in [3.05, 3.63) is 29.7 Å². The van der Waals surface area contributed by atoms with Gasteiger partial charge in [0.25, 0.3) is 0 Å². The zero-order valence-electron chi connectivity index (χ0n) is 7.66. The first-order valence-electron chi connectivity index (χ1n) is 4.44. The molecule has 0 aliphatic rings. The zero-order valence-corrected chi connectivity index (χ0v) is 8.42. The number of H-pyrrole nitrogens is 1. The van der Waals surface area contributed by atoms with Gasteiger partial charge in [-0.3, -0.25) is 0 Å². The number of anilines is 1. The Kier molecular flexibility index (Phi) is 1.61. The summed E-state index contributed by atoms with van der Waals surface area (Å²) >= 11 is 6.02. The molecule has 0 unspecified atom stereocenters. The summed E-state index contributed by atoms with van der Waals surface area (Å²) in [7, 11) is 0. The number of hydrogen-bond donors (Lipinski definition) is 2. The molecule has 0 amide bonds. The van der Waals surface area contributed by atoms with Crippen LogP contribution >= 0.6 is 11.6 Å². The Labute approximate surface area is 90.1 Å². The molecule has 3 aromatic rings. The molecular formula is C10H7ClN4. The minimum atomic E-state index is 0.442. The number of hydrogen-bond acceptors (Lipinski definition) is 3. The average molecular weight is 219 g/mol. The highest BCUT2D eigenvalue weighted by Crippen LogP contribution is 2.30. The van der Waals surface area contributed by atoms with Crippen molar-refractivity contribution in [2.24, 2.45) is 0 Å². The summed E-state index contributed by atoms with van der Waals surface area (Å²) in [6, 6.07) is 5.66. The molecule has 0 bridgehead atoms. The van der Waals surface area contributed by atoms with E-state index in [0.717, 1.165) is 16.3 Å². The first-order chi connectivity index (χ1) is 7.27. The van der Waals surface area contributed by atoms with Gasteiger partial charge < -0.3 is 10.7 Å². The van der Waals surface area contributed by atoms with Gasteiger partial charge in [0, 0.05) is 5.39 Å². The van der Waals surface area contributed by atoms with Crippen LogP contribution in [0.4, 0.5) is 5.69 Å². The number of para-hydroxylation sites is 1. The smallest absolute Gasteiger partial charge is 0.143 e. The number of nitrogens with two attached hydrogens (primary N) is 1. The van der Waals surface area contributed by atoms with Crippen molar-refractivity contribution in [1.29, 1.82) is 0 Å². The van der Waals surface area contributed by atoms with E-state index in [1.807, 2.05) is 18.2 Å². The van der Waals surface area contributed by atoms with Gasteiger partial charge in [0.15, 0.2) is 0 Å². The number of nitrogens with zero attached hydrogens (tertiary/aromatic N) is 2. The van der Waals surface area contributed by atoms with E-state index in [4.69, 9.17) is 17.3 Å². The van der Waals surface area contributed by atoms with Crippen LogP contribution in [0.3, 0.4) is 0 Å². The van der Waals surface area contributed by atoms with Gasteiger partial charge in [-0.05, 0) is 6.07 Å². The summed E-state index contributed by atoms with van der Waals surface area (Å²) in [5.74, 6) is 0. The van der Waals surface area contributed by atoms with Gasteiger partial charge in [-0.2, -0.15) is 0 Å². The first kappa shape index (κ1) is 8.49. The summed E-state index contributed by atoms with van der Waals surface area (Å²) in [5, 5.41) is 2.22. The van der Waals surface area contributed by atoms with Crippen LogP contribution in [0.2, 0.25) is 5.15 Å². The first-order valence-corrected chi connectivity index (χ1v) is 4.81. The van der Waals surface area contributed by atoms with E-state index in [-0.39, 0.29) is 0 Å². The Balaban J connectivity index is 2.65. The predicted octanol–water partition coefficient (Wildman–Crippen LogP) is 2.35. The lowest BCUT2D eigenvalue weighted by Crippen LogP contribution is -1.84. The normalized spacial score (nSPS) is 11.3. The second-order valence-electron chi connectivity index (χ2n) is 3.28. The van der Waals surface area contributed by atoms with Crippen molar-refractivity contribution in [2.45, 2.75) is 0 Å². The zero-order chi connectivity index (χ0) is 10.4. The molecule has 0 aliphatic carbocycles. The number of nitrogen functional groups attached to an aromatic ring is 1. The molecule has 2 heterocycles. The number of aromatic amines is 1. The third-order valence-corrected chi connectivity index (χ3v) is 2.70. The van der Waals surface area contributed by atoms with E-state index in [1.165, 1.54) is 6.33 Å². The van der Waals surface area contributed by atoms with Gasteiger partial charge >= 0.3 is 0 Å². The maximum absolute atomic E-state index is 6.02. The standard InChI is InChI=1S/C10H7ClN4/c11-9-7-5-2-1-3-6(12)8(5)15-10(7)14-4-13-9/h1-4H,12H2,(H,13,14,15). The fraction of sp³-hybridized carbons (Fsp3) is 0. The van der Waals surface area contributed by atoms with Gasteiger partial charge in [-0.1, -0.05) is 23.7 Å². The molecule has 0 radical (unpaired) electrons. The maximum atomic E-state index is 6.02. The predicted molar refractivity (Wildman–Crippen MR) is 60.8 cm³/mol. The summed E-state index contributed by atoms with van der Waals surface area (Å²) in [6.07, 6.45) is 1.43. The molecule has 1 aromatic carbocycles. The minimum Gasteiger partial charge on any atom is -0.397 e. The van der Waals surface area contributed by atoms with Crippen LogP contribution in [0.25, 0.3) is 21.9 Å². The molecule has 3 N–H and O–H groups in total. The second kappa shape index (κ2) is 2.84. The summed E-state index contributed by atoms with van der Waals surface area (Å²) in [4.78, 5) is 11.2. The van der Waals surface area contributed by atoms with E-state index in [2.05, 4.69) is 15.0 Å². The Bertz CT molecular complexity index is 659. The molecular weight excluding hydrogens is 212 g/mol. The lowest BCUT2D eigenvalue weighted by Gasteiger charge is -1.94. The van der Waals surface area contributed by atoms with Crippen LogP contribution in [0.1, 0.15) is 0 Å². The van der Waals surface area contributed by atoms with Gasteiger partial charge in [0.1, 0.15) is 17.1 Å². The van der Waals surface area contributed by atoms with Crippen LogP contribution in [0, 0.1) is 0 Å². The molecule has 15 heavy (non-hydrogen) atoms. The van der Waals surface area contributed by atoms with Crippen LogP contribution in [0.15, 0.2) is 24.5 Å². The monoisotopic (exact) mass is 218 g/mol. The van der Waals surface area contributed by atoms with Crippen molar-refractivity contribution in [1.82, 2.24) is 15.0 Å². The Morgan fingerprint density at radius 1 is 1.27 bits per heavy atom. The van der Waals surface area contributed by atoms with Crippen molar-refractivity contribution < 1.29 is 0 Å². The molecule has 3 rings (SSSR count). The molecule has 2 aromatic heterocycles. The van der Waals surface area contributed by atoms with Crippen LogP contribution in [-0.4, -0.2) is 15.0 Å². The van der Waals surface area contributed by atoms with E-state index < -0.39 is 0 Å². The molecule has 0 spiro atoms. The molecule has 74 valence electrons. The molecule has 0 aliphatic heterocycles. The Morgan fingerprint density at radius 2 is 2.13 bits per heavy atom. The highest BCUT2D eigenvalue weighted by atomic mass is 35.5. The van der Waals surface area contributed by atoms with Gasteiger partial charge in [-0.25, -0.2) is 9.97 Å². The van der Waals surface area contributed by atoms with E-state index in [1.54, 1.807) is 0 Å². The van der Waals surface area contributed by atoms with E-state index in [9.17, 15) is 0 Å². The molecule has 0 saturated carbocycles. The summed E-state index contributed by atoms with van der Waals surface area (Å²) < 4.78 is 0. The SMILES string of the molecule is Nc1cccc2c1[nH]c1ncnc(Cl)c12. The average Bonchev–Trinajstić information content (AvgIpc) is 2.59. The molecule has 0 atom stereocenters. The van der Waals surface area contributed by atoms with Gasteiger partial charge in [0.05, 0.1) is 16.6 Å². The quantitative estimate of drug-likeness (QED) is 0.450. The van der Waals surface area contributed by atoms with Crippen molar-refractivity contribution in [3.63, 3.8) is 0 Å². The molecule has 0 fully saturated rings. The number of rotatable bonds is 0. The lowest BCUT2D eigenvalue weighted by molar-refractivity contribution is 1.21. The number of fused-ring (bicyclic) bond motifs is 3. The molecule has 0 saturated heterocycles. The number of benzene rings is 1. The maximum Gasteiger partial charge on any atom is 0.143 e. The fourth-order valence-electron chi connectivity index (χ4n) is 1.73. The van der Waals surface area contributed by atoms with Crippen LogP contribution < -0.4 is 5.73 Å². The van der Waals surface area contributed by atoms with E-state index in [0.29, 0.717) is 16.5 Å². The van der Waals surface area contributed by atoms with Gasteiger partial charge in [0.2, 0.25) is 0 Å². The fourth-order valence-corrected chi connectivity index (χ4v) is 1.97. The Hall–Kier alpha value is -1.81. The van der Waals surface area contributed by atoms with Crippen molar-refractivity contribution >= 4 is 39.2 Å². The van der Waals surface area contributed by atoms with Crippen molar-refractivity contribution in [2.75, 3.05) is 5.73 Å². The summed E-state index contributed by atoms with van der Waals surface area (Å²) in [6.45, 7) is 0. The Morgan fingerprint density at radius 3 is 3.00 bits per heavy atom. The largest absolute Gasteiger partial charge is 0.397 e. The summed E-state index contributed by atoms with van der Waals surface area (Å²) in [5.41, 5.74) is 8.10. The third-order valence-electron chi connectivity index (χ3n) is 2.41. The number of nitrogens with one attached hydrogen (secondary N) is 1. The van der Waals surface area contributed by atoms with Gasteiger partial charge in [-0.15, -0.1) is 0 Å². The topological polar surface area (TPSA) is 67.6 Å². The molecule has 5 heteroatoms. The molecule has 4 nitrogen and oxygen atoms in total.